The van der Waals surface area contributed by atoms with Gasteiger partial charge in [0, 0.05) is 18.2 Å². The van der Waals surface area contributed by atoms with Gasteiger partial charge in [-0.15, -0.1) is 11.3 Å². The lowest BCUT2D eigenvalue weighted by Crippen LogP contribution is -2.21. The van der Waals surface area contributed by atoms with Gasteiger partial charge in [0.25, 0.3) is 0 Å². The molecule has 206 valence electrons. The van der Waals surface area contributed by atoms with E-state index in [0.29, 0.717) is 52.3 Å². The highest BCUT2D eigenvalue weighted by Gasteiger charge is 2.40. The Balaban J connectivity index is 1.37. The third-order valence-electron chi connectivity index (χ3n) is 6.36. The van der Waals surface area contributed by atoms with Gasteiger partial charge in [-0.25, -0.2) is 18.2 Å². The van der Waals surface area contributed by atoms with Gasteiger partial charge in [0.05, 0.1) is 16.3 Å². The van der Waals surface area contributed by atoms with E-state index >= 15 is 0 Å². The van der Waals surface area contributed by atoms with Crippen LogP contribution >= 0.6 is 11.3 Å². The molecule has 1 aliphatic rings. The number of rotatable bonds is 5. The fraction of sp³-hybridized carbons (Fsp3) is 0.296. The summed E-state index contributed by atoms with van der Waals surface area (Å²) in [7, 11) is 0. The van der Waals surface area contributed by atoms with Crippen LogP contribution in [0.15, 0.2) is 48.5 Å². The summed E-state index contributed by atoms with van der Waals surface area (Å²) in [5.41, 5.74) is -2.01. The minimum Gasteiger partial charge on any atom is -0.427 e. The van der Waals surface area contributed by atoms with Crippen LogP contribution in [0.5, 0.6) is 5.75 Å². The van der Waals surface area contributed by atoms with Crippen LogP contribution in [0.1, 0.15) is 42.0 Å². The molecule has 0 aliphatic carbocycles. The smallest absolute Gasteiger partial charge is 0.427 e. The Hall–Kier alpha value is -3.25. The van der Waals surface area contributed by atoms with Crippen LogP contribution < -0.4 is 4.74 Å². The minimum atomic E-state index is -5.29. The standard InChI is InChI=1S/C27H19F8NO2S/c1-13-2-7-22(37-12-13)14-3-6-21-23(10-14)39-25(36-21)27(34,35)38-16-4-5-17(18(28)11-16)15-8-19(29)24(20(30)9-15)26(31,32)33/h3-6,8-11,13,22H,2,7,12H2,1H3. The molecule has 3 nitrogen and oxygen atoms in total. The molecule has 1 aromatic heterocycles. The van der Waals surface area contributed by atoms with E-state index in [1.165, 1.54) is 0 Å². The van der Waals surface area contributed by atoms with E-state index in [-0.39, 0.29) is 6.10 Å². The van der Waals surface area contributed by atoms with Crippen LogP contribution in [0, 0.1) is 23.4 Å². The van der Waals surface area contributed by atoms with Crippen molar-refractivity contribution in [3.63, 3.8) is 0 Å². The molecule has 0 saturated carbocycles. The van der Waals surface area contributed by atoms with Crippen molar-refractivity contribution in [1.29, 1.82) is 0 Å². The van der Waals surface area contributed by atoms with Crippen molar-refractivity contribution in [3.8, 4) is 16.9 Å². The molecule has 0 N–H and O–H groups in total. The Morgan fingerprint density at radius 1 is 0.897 bits per heavy atom. The minimum absolute atomic E-state index is 0.138. The van der Waals surface area contributed by atoms with Crippen LogP contribution in [0.25, 0.3) is 21.3 Å². The number of halogens is 8. The lowest BCUT2D eigenvalue weighted by Gasteiger charge is -2.27. The fourth-order valence-electron chi connectivity index (χ4n) is 4.40. The first kappa shape index (κ1) is 27.3. The molecule has 1 fully saturated rings. The van der Waals surface area contributed by atoms with Crippen molar-refractivity contribution < 1.29 is 44.6 Å². The van der Waals surface area contributed by atoms with Crippen molar-refractivity contribution in [1.82, 2.24) is 4.98 Å². The maximum absolute atomic E-state index is 15.0. The molecule has 0 spiro atoms. The third-order valence-corrected chi connectivity index (χ3v) is 7.43. The first-order valence-corrected chi connectivity index (χ1v) is 12.6. The number of nitrogens with zero attached hydrogens (tertiary/aromatic N) is 1. The van der Waals surface area contributed by atoms with Crippen LogP contribution in [0.2, 0.25) is 0 Å². The van der Waals surface area contributed by atoms with E-state index in [0.717, 1.165) is 30.5 Å². The van der Waals surface area contributed by atoms with Crippen LogP contribution in [0.3, 0.4) is 0 Å². The number of thiazole rings is 1. The lowest BCUT2D eigenvalue weighted by atomic mass is 9.96. The first-order chi connectivity index (χ1) is 18.3. The van der Waals surface area contributed by atoms with Gasteiger partial charge in [0.2, 0.25) is 5.01 Å². The quantitative estimate of drug-likeness (QED) is 0.223. The zero-order valence-electron chi connectivity index (χ0n) is 20.1. The second-order valence-corrected chi connectivity index (χ2v) is 10.4. The summed E-state index contributed by atoms with van der Waals surface area (Å²) in [6.45, 7) is 2.70. The summed E-state index contributed by atoms with van der Waals surface area (Å²) in [4.78, 5) is 3.95. The molecule has 0 radical (unpaired) electrons. The predicted octanol–water partition coefficient (Wildman–Crippen LogP) is 9.02. The summed E-state index contributed by atoms with van der Waals surface area (Å²) in [5, 5.41) is -0.677. The monoisotopic (exact) mass is 573 g/mol. The van der Waals surface area contributed by atoms with E-state index in [9.17, 15) is 35.1 Å². The maximum atomic E-state index is 15.0. The van der Waals surface area contributed by atoms with Crippen molar-refractivity contribution in [3.05, 3.63) is 82.1 Å². The van der Waals surface area contributed by atoms with E-state index in [1.807, 2.05) is 0 Å². The molecule has 2 atom stereocenters. The highest BCUT2D eigenvalue weighted by Crippen LogP contribution is 2.40. The van der Waals surface area contributed by atoms with Crippen molar-refractivity contribution in [2.45, 2.75) is 38.2 Å². The van der Waals surface area contributed by atoms with Gasteiger partial charge >= 0.3 is 12.3 Å². The molecule has 1 aliphatic heterocycles. The van der Waals surface area contributed by atoms with Crippen LogP contribution in [-0.4, -0.2) is 11.6 Å². The number of ether oxygens (including phenoxy) is 2. The van der Waals surface area contributed by atoms with Gasteiger partial charge in [0.15, 0.2) is 0 Å². The van der Waals surface area contributed by atoms with E-state index in [1.54, 1.807) is 18.2 Å². The Kier molecular flexibility index (Phi) is 7.04. The van der Waals surface area contributed by atoms with Crippen LogP contribution in [-0.2, 0) is 17.0 Å². The highest BCUT2D eigenvalue weighted by molar-refractivity contribution is 7.18. The topological polar surface area (TPSA) is 31.4 Å². The predicted molar refractivity (Wildman–Crippen MR) is 128 cm³/mol. The molecule has 4 aromatic rings. The first-order valence-electron chi connectivity index (χ1n) is 11.8. The number of hydrogen-bond acceptors (Lipinski definition) is 4. The molecule has 3 aromatic carbocycles. The highest BCUT2D eigenvalue weighted by atomic mass is 32.1. The summed E-state index contributed by atoms with van der Waals surface area (Å²) in [6, 6.07) is 8.07. The molecule has 12 heteroatoms. The average molecular weight is 574 g/mol. The third kappa shape index (κ3) is 5.58. The van der Waals surface area contributed by atoms with Gasteiger partial charge in [-0.1, -0.05) is 13.0 Å². The Bertz CT molecular complexity index is 1500. The number of fused-ring (bicyclic) bond motifs is 1. The Labute approximate surface area is 221 Å². The molecule has 2 heterocycles. The average Bonchev–Trinajstić information content (AvgIpc) is 3.28. The van der Waals surface area contributed by atoms with Crippen LogP contribution in [0.4, 0.5) is 35.1 Å². The van der Waals surface area contributed by atoms with Gasteiger partial charge in [0.1, 0.15) is 28.8 Å². The van der Waals surface area contributed by atoms with E-state index in [4.69, 9.17) is 9.47 Å². The summed E-state index contributed by atoms with van der Waals surface area (Å²) in [5.74, 6) is -5.29. The molecular formula is C27H19F8NO2S. The molecule has 0 bridgehead atoms. The zero-order chi connectivity index (χ0) is 28.1. The SMILES string of the molecule is CC1CCC(c2ccc3nc(C(F)(F)Oc4ccc(-c5cc(F)c(C(F)(F)F)c(F)c5)c(F)c4)sc3c2)OC1. The molecule has 0 amide bonds. The van der Waals surface area contributed by atoms with Gasteiger partial charge in [-0.05, 0) is 66.3 Å². The largest absolute Gasteiger partial charge is 0.454 e. The molecule has 39 heavy (non-hydrogen) atoms. The van der Waals surface area contributed by atoms with Gasteiger partial charge in [-0.3, -0.25) is 0 Å². The van der Waals surface area contributed by atoms with Gasteiger partial charge < -0.3 is 9.47 Å². The molecule has 1 saturated heterocycles. The van der Waals surface area contributed by atoms with Gasteiger partial charge in [-0.2, -0.15) is 22.0 Å². The second kappa shape index (κ2) is 10.1. The maximum Gasteiger partial charge on any atom is 0.454 e. The van der Waals surface area contributed by atoms with E-state index in [2.05, 4.69) is 11.9 Å². The Morgan fingerprint density at radius 3 is 2.23 bits per heavy atom. The number of benzene rings is 3. The second-order valence-electron chi connectivity index (χ2n) is 9.32. The number of alkyl halides is 5. The molecule has 2 unspecified atom stereocenters. The fourth-order valence-corrected chi connectivity index (χ4v) is 5.32. The molecular weight excluding hydrogens is 554 g/mol. The summed E-state index contributed by atoms with van der Waals surface area (Å²) in [6.07, 6.45) is -7.59. The van der Waals surface area contributed by atoms with Crippen molar-refractivity contribution in [2.24, 2.45) is 5.92 Å². The summed E-state index contributed by atoms with van der Waals surface area (Å²) < 4.78 is 122. The lowest BCUT2D eigenvalue weighted by molar-refractivity contribution is -0.185. The molecule has 5 rings (SSSR count). The summed E-state index contributed by atoms with van der Waals surface area (Å²) >= 11 is 0.702. The number of hydrogen-bond donors (Lipinski definition) is 0. The normalized spacial score (nSPS) is 18.5. The van der Waals surface area contributed by atoms with Crippen molar-refractivity contribution >= 4 is 21.6 Å². The van der Waals surface area contributed by atoms with Crippen molar-refractivity contribution in [2.75, 3.05) is 6.61 Å². The van der Waals surface area contributed by atoms with E-state index < -0.39 is 57.2 Å². The Morgan fingerprint density at radius 2 is 1.62 bits per heavy atom. The number of aromatic nitrogens is 1. The zero-order valence-corrected chi connectivity index (χ0v) is 20.9.